The van der Waals surface area contributed by atoms with Crippen molar-refractivity contribution in [1.29, 1.82) is 0 Å². The number of hydrogen-bond acceptors (Lipinski definition) is 2. The second-order valence-electron chi connectivity index (χ2n) is 2.76. The Morgan fingerprint density at radius 3 is 2.38 bits per heavy atom. The van der Waals surface area contributed by atoms with Crippen LogP contribution in [0.25, 0.3) is 5.76 Å². The smallest absolute Gasteiger partial charge is 0.224 e. The Kier molecular flexibility index (Phi) is 1.74. The molecule has 0 N–H and O–H groups in total. The van der Waals surface area contributed by atoms with Gasteiger partial charge in [-0.1, -0.05) is 36.9 Å². The zero-order chi connectivity index (χ0) is 9.26. The van der Waals surface area contributed by atoms with Gasteiger partial charge in [-0.05, 0) is 0 Å². The summed E-state index contributed by atoms with van der Waals surface area (Å²) in [6, 6.07) is 9.47. The van der Waals surface area contributed by atoms with E-state index in [0.717, 1.165) is 5.56 Å². The fourth-order valence-electron chi connectivity index (χ4n) is 1.16. The van der Waals surface area contributed by atoms with E-state index >= 15 is 0 Å². The average Bonchev–Trinajstić information content (AvgIpc) is 2.49. The van der Waals surface area contributed by atoms with Gasteiger partial charge < -0.3 is 4.74 Å². The quantitative estimate of drug-likeness (QED) is 0.606. The van der Waals surface area contributed by atoms with Crippen LogP contribution in [0.3, 0.4) is 0 Å². The monoisotopic (exact) mass is 172 g/mol. The lowest BCUT2D eigenvalue weighted by Gasteiger charge is -2.01. The van der Waals surface area contributed by atoms with Crippen molar-refractivity contribution in [3.63, 3.8) is 0 Å². The molecule has 1 aromatic carbocycles. The summed E-state index contributed by atoms with van der Waals surface area (Å²) >= 11 is 0. The molecule has 0 saturated carbocycles. The SMILES string of the molecule is C=C1OC(c2ccccc2)=CC1=O. The van der Waals surface area contributed by atoms with Gasteiger partial charge in [0.25, 0.3) is 0 Å². The van der Waals surface area contributed by atoms with E-state index in [2.05, 4.69) is 6.58 Å². The summed E-state index contributed by atoms with van der Waals surface area (Å²) in [5, 5.41) is 0. The molecule has 0 unspecified atom stereocenters. The highest BCUT2D eigenvalue weighted by Crippen LogP contribution is 2.24. The van der Waals surface area contributed by atoms with Gasteiger partial charge in [0, 0.05) is 11.6 Å². The van der Waals surface area contributed by atoms with Crippen LogP contribution in [0.5, 0.6) is 0 Å². The van der Waals surface area contributed by atoms with Gasteiger partial charge in [-0.25, -0.2) is 0 Å². The molecular formula is C11H8O2. The summed E-state index contributed by atoms with van der Waals surface area (Å²) in [4.78, 5) is 11.1. The molecule has 2 nitrogen and oxygen atoms in total. The average molecular weight is 172 g/mol. The van der Waals surface area contributed by atoms with Gasteiger partial charge in [-0.15, -0.1) is 0 Å². The van der Waals surface area contributed by atoms with Gasteiger partial charge >= 0.3 is 0 Å². The molecule has 13 heavy (non-hydrogen) atoms. The first-order chi connectivity index (χ1) is 6.27. The van der Waals surface area contributed by atoms with E-state index in [1.54, 1.807) is 0 Å². The Hall–Kier alpha value is -1.83. The van der Waals surface area contributed by atoms with Gasteiger partial charge in [-0.2, -0.15) is 0 Å². The van der Waals surface area contributed by atoms with E-state index in [1.807, 2.05) is 30.3 Å². The summed E-state index contributed by atoms with van der Waals surface area (Å²) in [6.07, 6.45) is 1.46. The number of rotatable bonds is 1. The Morgan fingerprint density at radius 1 is 1.15 bits per heavy atom. The summed E-state index contributed by atoms with van der Waals surface area (Å²) < 4.78 is 5.18. The minimum absolute atomic E-state index is 0.154. The standard InChI is InChI=1S/C11H8O2/c1-8-10(12)7-11(13-8)9-5-3-2-4-6-9/h2-7H,1H2. The second-order valence-corrected chi connectivity index (χ2v) is 2.76. The van der Waals surface area contributed by atoms with E-state index in [0.29, 0.717) is 5.76 Å². The van der Waals surface area contributed by atoms with Crippen LogP contribution in [0.2, 0.25) is 0 Å². The number of hydrogen-bond donors (Lipinski definition) is 0. The van der Waals surface area contributed by atoms with E-state index in [4.69, 9.17) is 4.74 Å². The maximum atomic E-state index is 11.1. The van der Waals surface area contributed by atoms with Crippen molar-refractivity contribution in [3.05, 3.63) is 54.3 Å². The van der Waals surface area contributed by atoms with Gasteiger partial charge in [0.1, 0.15) is 5.76 Å². The summed E-state index contributed by atoms with van der Waals surface area (Å²) in [5.74, 6) is 0.619. The molecule has 0 bridgehead atoms. The van der Waals surface area contributed by atoms with Crippen molar-refractivity contribution >= 4 is 11.5 Å². The van der Waals surface area contributed by atoms with Gasteiger partial charge in [0.05, 0.1) is 0 Å². The minimum atomic E-state index is -0.154. The van der Waals surface area contributed by atoms with Crippen LogP contribution >= 0.6 is 0 Å². The fourth-order valence-corrected chi connectivity index (χ4v) is 1.16. The summed E-state index contributed by atoms with van der Waals surface area (Å²) in [7, 11) is 0. The Labute approximate surface area is 76.1 Å². The van der Waals surface area contributed by atoms with Crippen LogP contribution < -0.4 is 0 Å². The number of benzene rings is 1. The van der Waals surface area contributed by atoms with E-state index in [1.165, 1.54) is 6.08 Å². The van der Waals surface area contributed by atoms with Crippen molar-refractivity contribution in [2.45, 2.75) is 0 Å². The van der Waals surface area contributed by atoms with E-state index in [-0.39, 0.29) is 11.5 Å². The van der Waals surface area contributed by atoms with Crippen molar-refractivity contribution in [3.8, 4) is 0 Å². The highest BCUT2D eigenvalue weighted by molar-refractivity contribution is 6.09. The van der Waals surface area contributed by atoms with Crippen LogP contribution in [0, 0.1) is 0 Å². The van der Waals surface area contributed by atoms with Crippen LogP contribution in [0.1, 0.15) is 5.56 Å². The van der Waals surface area contributed by atoms with E-state index < -0.39 is 0 Å². The molecular weight excluding hydrogens is 164 g/mol. The molecule has 0 aliphatic carbocycles. The first-order valence-electron chi connectivity index (χ1n) is 3.95. The minimum Gasteiger partial charge on any atom is -0.453 e. The lowest BCUT2D eigenvalue weighted by molar-refractivity contribution is -0.112. The largest absolute Gasteiger partial charge is 0.453 e. The van der Waals surface area contributed by atoms with Gasteiger partial charge in [-0.3, -0.25) is 4.79 Å². The highest BCUT2D eigenvalue weighted by Gasteiger charge is 2.18. The van der Waals surface area contributed by atoms with E-state index in [9.17, 15) is 4.79 Å². The molecule has 0 amide bonds. The first kappa shape index (κ1) is 7.80. The van der Waals surface area contributed by atoms with Gasteiger partial charge in [0.2, 0.25) is 5.78 Å². The lowest BCUT2D eigenvalue weighted by Crippen LogP contribution is -1.89. The molecule has 0 spiro atoms. The van der Waals surface area contributed by atoms with Crippen LogP contribution in [0.15, 0.2) is 48.7 Å². The number of allylic oxidation sites excluding steroid dienone is 1. The highest BCUT2D eigenvalue weighted by atomic mass is 16.5. The summed E-state index contributed by atoms with van der Waals surface area (Å²) in [5.41, 5.74) is 0.898. The maximum Gasteiger partial charge on any atom is 0.224 e. The zero-order valence-corrected chi connectivity index (χ0v) is 6.99. The Balaban J connectivity index is 2.35. The van der Waals surface area contributed by atoms with Crippen LogP contribution in [0.4, 0.5) is 0 Å². The van der Waals surface area contributed by atoms with Crippen molar-refractivity contribution < 1.29 is 9.53 Å². The summed E-state index contributed by atoms with van der Waals surface area (Å²) in [6.45, 7) is 3.49. The molecule has 0 atom stereocenters. The van der Waals surface area contributed by atoms with Crippen molar-refractivity contribution in [2.24, 2.45) is 0 Å². The molecule has 0 aromatic heterocycles. The number of carbonyl (C=O) groups excluding carboxylic acids is 1. The molecule has 64 valence electrons. The predicted molar refractivity (Wildman–Crippen MR) is 49.7 cm³/mol. The molecule has 0 saturated heterocycles. The predicted octanol–water partition coefficient (Wildman–Crippen LogP) is 2.14. The third-order valence-electron chi connectivity index (χ3n) is 1.83. The Bertz CT molecular complexity index is 388. The number of ether oxygens (including phenoxy) is 1. The fraction of sp³-hybridized carbons (Fsp3) is 0. The first-order valence-corrected chi connectivity index (χ1v) is 3.95. The second kappa shape index (κ2) is 2.90. The molecule has 1 aromatic rings. The van der Waals surface area contributed by atoms with Crippen molar-refractivity contribution in [2.75, 3.05) is 0 Å². The zero-order valence-electron chi connectivity index (χ0n) is 6.99. The number of ketones is 1. The molecule has 1 heterocycles. The normalized spacial score (nSPS) is 15.5. The lowest BCUT2D eigenvalue weighted by atomic mass is 10.2. The topological polar surface area (TPSA) is 26.3 Å². The Morgan fingerprint density at radius 2 is 1.85 bits per heavy atom. The molecule has 0 fully saturated rings. The molecule has 2 heteroatoms. The third kappa shape index (κ3) is 1.38. The molecule has 1 aliphatic rings. The van der Waals surface area contributed by atoms with Crippen LogP contribution in [-0.4, -0.2) is 5.78 Å². The van der Waals surface area contributed by atoms with Gasteiger partial charge in [0.15, 0.2) is 5.76 Å². The third-order valence-corrected chi connectivity index (χ3v) is 1.83. The molecule has 0 radical (unpaired) electrons. The van der Waals surface area contributed by atoms with Crippen molar-refractivity contribution in [1.82, 2.24) is 0 Å². The maximum absolute atomic E-state index is 11.1. The van der Waals surface area contributed by atoms with Crippen LogP contribution in [-0.2, 0) is 9.53 Å². The molecule has 1 aliphatic heterocycles. The molecule has 2 rings (SSSR count). The number of carbonyl (C=O) groups is 1.